The maximum Gasteiger partial charge on any atom is 0.100 e. The van der Waals surface area contributed by atoms with Crippen LogP contribution in [0.1, 0.15) is 18.6 Å². The summed E-state index contributed by atoms with van der Waals surface area (Å²) in [5.74, 6) is 0. The molecule has 1 atom stereocenters. The Bertz CT molecular complexity index is 745. The van der Waals surface area contributed by atoms with Gasteiger partial charge in [-0.3, -0.25) is 4.68 Å². The quantitative estimate of drug-likeness (QED) is 0.710. The zero-order valence-corrected chi connectivity index (χ0v) is 13.2. The third-order valence-electron chi connectivity index (χ3n) is 3.92. The molecule has 1 heterocycles. The predicted molar refractivity (Wildman–Crippen MR) is 89.5 cm³/mol. The molecular weight excluding hydrogens is 272 g/mol. The SMILES string of the molecule is COC(C)c1ccc(-c2cn(C)nc2-c2ccccc2)cc1. The number of aromatic nitrogens is 2. The summed E-state index contributed by atoms with van der Waals surface area (Å²) in [6, 6.07) is 18.8. The molecule has 0 radical (unpaired) electrons. The largest absolute Gasteiger partial charge is 0.377 e. The molecule has 3 rings (SSSR count). The van der Waals surface area contributed by atoms with E-state index in [1.807, 2.05) is 29.9 Å². The van der Waals surface area contributed by atoms with Crippen molar-refractivity contribution < 1.29 is 4.74 Å². The molecule has 22 heavy (non-hydrogen) atoms. The fraction of sp³-hybridized carbons (Fsp3) is 0.211. The Morgan fingerprint density at radius 2 is 1.64 bits per heavy atom. The molecule has 112 valence electrons. The molecule has 0 aliphatic heterocycles. The van der Waals surface area contributed by atoms with E-state index in [4.69, 9.17) is 4.74 Å². The molecule has 0 saturated heterocycles. The highest BCUT2D eigenvalue weighted by Gasteiger charge is 2.12. The minimum Gasteiger partial charge on any atom is -0.377 e. The predicted octanol–water partition coefficient (Wildman–Crippen LogP) is 4.46. The molecule has 1 unspecified atom stereocenters. The number of ether oxygens (including phenoxy) is 1. The van der Waals surface area contributed by atoms with E-state index in [1.165, 1.54) is 11.1 Å². The van der Waals surface area contributed by atoms with E-state index in [0.29, 0.717) is 0 Å². The van der Waals surface area contributed by atoms with Crippen molar-refractivity contribution in [3.8, 4) is 22.4 Å². The van der Waals surface area contributed by atoms with Gasteiger partial charge in [-0.1, -0.05) is 54.6 Å². The van der Waals surface area contributed by atoms with Crippen LogP contribution in [0.5, 0.6) is 0 Å². The molecule has 0 fully saturated rings. The molecule has 3 heteroatoms. The van der Waals surface area contributed by atoms with Crippen molar-refractivity contribution in [2.24, 2.45) is 7.05 Å². The van der Waals surface area contributed by atoms with Gasteiger partial charge < -0.3 is 4.74 Å². The van der Waals surface area contributed by atoms with Gasteiger partial charge in [0.2, 0.25) is 0 Å². The topological polar surface area (TPSA) is 27.1 Å². The van der Waals surface area contributed by atoms with E-state index < -0.39 is 0 Å². The second-order valence-electron chi connectivity index (χ2n) is 5.43. The lowest BCUT2D eigenvalue weighted by Crippen LogP contribution is -1.95. The molecule has 3 nitrogen and oxygen atoms in total. The van der Waals surface area contributed by atoms with Crippen LogP contribution in [0.2, 0.25) is 0 Å². The molecule has 0 aliphatic rings. The molecular formula is C19H20N2O. The van der Waals surface area contributed by atoms with Crippen molar-refractivity contribution in [3.05, 3.63) is 66.4 Å². The summed E-state index contributed by atoms with van der Waals surface area (Å²) in [6.45, 7) is 2.05. The Kier molecular flexibility index (Phi) is 4.07. The van der Waals surface area contributed by atoms with Gasteiger partial charge in [0, 0.05) is 31.5 Å². The number of methoxy groups -OCH3 is 1. The zero-order valence-electron chi connectivity index (χ0n) is 13.2. The fourth-order valence-corrected chi connectivity index (χ4v) is 2.58. The van der Waals surface area contributed by atoms with Crippen molar-refractivity contribution in [3.63, 3.8) is 0 Å². The highest BCUT2D eigenvalue weighted by molar-refractivity contribution is 5.80. The average molecular weight is 292 g/mol. The van der Waals surface area contributed by atoms with Gasteiger partial charge in [0.15, 0.2) is 0 Å². The van der Waals surface area contributed by atoms with Gasteiger partial charge in [0.1, 0.15) is 5.69 Å². The molecule has 0 bridgehead atoms. The Morgan fingerprint density at radius 1 is 0.955 bits per heavy atom. The molecule has 3 aromatic rings. The van der Waals surface area contributed by atoms with Crippen LogP contribution in [-0.4, -0.2) is 16.9 Å². The van der Waals surface area contributed by atoms with E-state index in [9.17, 15) is 0 Å². The van der Waals surface area contributed by atoms with E-state index in [-0.39, 0.29) is 6.10 Å². The Labute approximate surface area is 131 Å². The van der Waals surface area contributed by atoms with E-state index in [0.717, 1.165) is 16.8 Å². The summed E-state index contributed by atoms with van der Waals surface area (Å²) >= 11 is 0. The second-order valence-corrected chi connectivity index (χ2v) is 5.43. The summed E-state index contributed by atoms with van der Waals surface area (Å²) in [6.07, 6.45) is 2.17. The van der Waals surface area contributed by atoms with Crippen LogP contribution in [-0.2, 0) is 11.8 Å². The monoisotopic (exact) mass is 292 g/mol. The number of hydrogen-bond acceptors (Lipinski definition) is 2. The van der Waals surface area contributed by atoms with Crippen molar-refractivity contribution in [1.29, 1.82) is 0 Å². The summed E-state index contributed by atoms with van der Waals surface area (Å²) in [7, 11) is 3.69. The van der Waals surface area contributed by atoms with Gasteiger partial charge >= 0.3 is 0 Å². The molecule has 0 spiro atoms. The maximum atomic E-state index is 5.36. The molecule has 2 aromatic carbocycles. The maximum absolute atomic E-state index is 5.36. The van der Waals surface area contributed by atoms with Crippen molar-refractivity contribution in [2.75, 3.05) is 7.11 Å². The molecule has 0 saturated carbocycles. The van der Waals surface area contributed by atoms with E-state index >= 15 is 0 Å². The number of hydrogen-bond donors (Lipinski definition) is 0. The Hall–Kier alpha value is -2.39. The normalized spacial score (nSPS) is 12.3. The van der Waals surface area contributed by atoms with Gasteiger partial charge in [0.05, 0.1) is 6.10 Å². The third-order valence-corrected chi connectivity index (χ3v) is 3.92. The van der Waals surface area contributed by atoms with Gasteiger partial charge in [0.25, 0.3) is 0 Å². The number of nitrogens with zero attached hydrogens (tertiary/aromatic N) is 2. The summed E-state index contributed by atoms with van der Waals surface area (Å²) in [5, 5.41) is 4.62. The first-order valence-corrected chi connectivity index (χ1v) is 7.41. The van der Waals surface area contributed by atoms with Gasteiger partial charge in [-0.15, -0.1) is 0 Å². The Morgan fingerprint density at radius 3 is 2.27 bits per heavy atom. The highest BCUT2D eigenvalue weighted by atomic mass is 16.5. The van der Waals surface area contributed by atoms with Crippen LogP contribution >= 0.6 is 0 Å². The number of aryl methyl sites for hydroxylation is 1. The number of rotatable bonds is 4. The lowest BCUT2D eigenvalue weighted by molar-refractivity contribution is 0.119. The Balaban J connectivity index is 2.02. The van der Waals surface area contributed by atoms with Crippen molar-refractivity contribution in [2.45, 2.75) is 13.0 Å². The lowest BCUT2D eigenvalue weighted by Gasteiger charge is -2.10. The lowest BCUT2D eigenvalue weighted by atomic mass is 10.00. The first kappa shape index (κ1) is 14.5. The van der Waals surface area contributed by atoms with E-state index in [1.54, 1.807) is 7.11 Å². The van der Waals surface area contributed by atoms with Crippen LogP contribution in [0.4, 0.5) is 0 Å². The minimum absolute atomic E-state index is 0.108. The van der Waals surface area contributed by atoms with Crippen molar-refractivity contribution in [1.82, 2.24) is 9.78 Å². The second kappa shape index (κ2) is 6.16. The standard InChI is InChI=1S/C19H20N2O/c1-14(22-3)15-9-11-16(12-10-15)18-13-21(2)20-19(18)17-7-5-4-6-8-17/h4-14H,1-3H3. The summed E-state index contributed by atoms with van der Waals surface area (Å²) in [5.41, 5.74) is 5.63. The van der Waals surface area contributed by atoms with E-state index in [2.05, 4.69) is 54.6 Å². The summed E-state index contributed by atoms with van der Waals surface area (Å²) in [4.78, 5) is 0. The first-order valence-electron chi connectivity index (χ1n) is 7.41. The van der Waals surface area contributed by atoms with Crippen LogP contribution in [0.25, 0.3) is 22.4 Å². The van der Waals surface area contributed by atoms with Gasteiger partial charge in [-0.25, -0.2) is 0 Å². The van der Waals surface area contributed by atoms with Gasteiger partial charge in [-0.05, 0) is 18.1 Å². The highest BCUT2D eigenvalue weighted by Crippen LogP contribution is 2.31. The van der Waals surface area contributed by atoms with Gasteiger partial charge in [-0.2, -0.15) is 5.10 Å². The van der Waals surface area contributed by atoms with Crippen LogP contribution in [0.15, 0.2) is 60.8 Å². The fourth-order valence-electron chi connectivity index (χ4n) is 2.58. The zero-order chi connectivity index (χ0) is 15.5. The summed E-state index contributed by atoms with van der Waals surface area (Å²) < 4.78 is 7.23. The molecule has 0 N–H and O–H groups in total. The third kappa shape index (κ3) is 2.81. The smallest absolute Gasteiger partial charge is 0.100 e. The molecule has 1 aromatic heterocycles. The molecule has 0 amide bonds. The van der Waals surface area contributed by atoms with Crippen LogP contribution < -0.4 is 0 Å². The average Bonchev–Trinajstić information content (AvgIpc) is 2.97. The van der Waals surface area contributed by atoms with Crippen molar-refractivity contribution >= 4 is 0 Å². The molecule has 0 aliphatic carbocycles. The first-order chi connectivity index (χ1) is 10.7. The van der Waals surface area contributed by atoms with Crippen LogP contribution in [0, 0.1) is 0 Å². The van der Waals surface area contributed by atoms with Crippen LogP contribution in [0.3, 0.4) is 0 Å². The number of benzene rings is 2. The minimum atomic E-state index is 0.108.